The molecule has 10 heteroatoms. The van der Waals surface area contributed by atoms with Crippen LogP contribution >= 0.6 is 0 Å². The molecule has 0 spiro atoms. The van der Waals surface area contributed by atoms with Gasteiger partial charge in [-0.15, -0.1) is 0 Å². The van der Waals surface area contributed by atoms with Crippen LogP contribution in [0.3, 0.4) is 0 Å². The normalized spacial score (nSPS) is 12.2. The Kier molecular flexibility index (Phi) is 6.12. The Morgan fingerprint density at radius 2 is 1.10 bits per heavy atom. The first-order valence-corrected chi connectivity index (χ1v) is 4.02. The molecule has 0 aromatic heterocycles. The SMILES string of the molecule is O=S(=O)(F)[N]S(=O)(=O)F.[K+]. The van der Waals surface area contributed by atoms with Gasteiger partial charge in [-0.05, 0) is 0 Å². The van der Waals surface area contributed by atoms with Crippen LogP contribution in [0.15, 0.2) is 0 Å². The predicted octanol–water partition coefficient (Wildman–Crippen LogP) is -3.98. The molecule has 0 aromatic carbocycles. The van der Waals surface area contributed by atoms with Crippen LogP contribution in [0.4, 0.5) is 7.77 Å². The van der Waals surface area contributed by atoms with Crippen LogP contribution in [0.1, 0.15) is 0 Å². The minimum atomic E-state index is -5.62. The molecule has 0 fully saturated rings. The van der Waals surface area contributed by atoms with Crippen molar-refractivity contribution in [3.8, 4) is 0 Å². The van der Waals surface area contributed by atoms with Gasteiger partial charge in [0.1, 0.15) is 0 Å². The third kappa shape index (κ3) is 12.1. The van der Waals surface area contributed by atoms with E-state index in [1.165, 1.54) is 0 Å². The fourth-order valence-corrected chi connectivity index (χ4v) is 0.957. The minimum absolute atomic E-state index is 0. The molecule has 10 heavy (non-hydrogen) atoms. The summed E-state index contributed by atoms with van der Waals surface area (Å²) >= 11 is 0. The molecule has 5 nitrogen and oxygen atoms in total. The maximum absolute atomic E-state index is 11.1. The summed E-state index contributed by atoms with van der Waals surface area (Å²) in [6.07, 6.45) is 0. The van der Waals surface area contributed by atoms with E-state index in [-0.39, 0.29) is 51.4 Å². The maximum Gasteiger partial charge on any atom is 1.00 e. The molecule has 0 heterocycles. The van der Waals surface area contributed by atoms with Gasteiger partial charge in [0.15, 0.2) is 0 Å². The van der Waals surface area contributed by atoms with Crippen molar-refractivity contribution in [2.24, 2.45) is 0 Å². The molecule has 0 bridgehead atoms. The predicted molar refractivity (Wildman–Crippen MR) is 22.2 cm³/mol. The third-order valence-electron chi connectivity index (χ3n) is 0.178. The van der Waals surface area contributed by atoms with E-state index in [1.807, 2.05) is 0 Å². The van der Waals surface area contributed by atoms with Gasteiger partial charge in [0.25, 0.3) is 0 Å². The fraction of sp³-hybridized carbons (Fsp3) is 0. The molecule has 0 unspecified atom stereocenters. The molecule has 0 saturated carbocycles. The van der Waals surface area contributed by atoms with E-state index in [2.05, 4.69) is 0 Å². The number of hydrogen-bond acceptors (Lipinski definition) is 4. The second kappa shape index (κ2) is 4.40. The second-order valence-corrected chi connectivity index (χ2v) is 3.14. The van der Waals surface area contributed by atoms with E-state index in [0.717, 1.165) is 4.13 Å². The van der Waals surface area contributed by atoms with E-state index >= 15 is 0 Å². The van der Waals surface area contributed by atoms with Gasteiger partial charge in [-0.2, -0.15) is 16.8 Å². The van der Waals surface area contributed by atoms with Crippen molar-refractivity contribution in [2.45, 2.75) is 0 Å². The molecule has 0 amide bonds. The van der Waals surface area contributed by atoms with Gasteiger partial charge < -0.3 is 0 Å². The monoisotopic (exact) mass is 219 g/mol. The quantitative estimate of drug-likeness (QED) is 0.350. The maximum atomic E-state index is 11.1. The first-order valence-electron chi connectivity index (χ1n) is 1.34. The van der Waals surface area contributed by atoms with Crippen molar-refractivity contribution in [2.75, 3.05) is 0 Å². The molecule has 0 saturated heterocycles. The zero-order chi connectivity index (χ0) is 7.71. The zero-order valence-corrected chi connectivity index (χ0v) is 9.41. The van der Waals surface area contributed by atoms with Gasteiger partial charge in [-0.25, -0.2) is 0 Å². The van der Waals surface area contributed by atoms with Crippen LogP contribution in [-0.2, 0) is 20.8 Å². The van der Waals surface area contributed by atoms with Crippen molar-refractivity contribution in [3.05, 3.63) is 0 Å². The molecule has 0 aliphatic heterocycles. The molecule has 1 radical (unpaired) electrons. The van der Waals surface area contributed by atoms with E-state index in [9.17, 15) is 24.6 Å². The molecular weight excluding hydrogens is 219 g/mol. The van der Waals surface area contributed by atoms with Gasteiger partial charge >= 0.3 is 72.2 Å². The summed E-state index contributed by atoms with van der Waals surface area (Å²) < 4.78 is 60.1. The number of halogens is 2. The molecule has 0 aliphatic carbocycles. The standard InChI is InChI=1S/F2NO4S2.K/c1-8(4,5)3-9(2,6)7;/q;+1. The summed E-state index contributed by atoms with van der Waals surface area (Å²) in [4.78, 5) is 0. The van der Waals surface area contributed by atoms with Gasteiger partial charge in [0.05, 0.1) is 4.13 Å². The van der Waals surface area contributed by atoms with Gasteiger partial charge in [-0.3, -0.25) is 0 Å². The molecule has 55 valence electrons. The van der Waals surface area contributed by atoms with E-state index in [1.54, 1.807) is 0 Å². The van der Waals surface area contributed by atoms with Crippen molar-refractivity contribution in [3.63, 3.8) is 0 Å². The van der Waals surface area contributed by atoms with Crippen LogP contribution < -0.4 is 55.5 Å². The van der Waals surface area contributed by atoms with E-state index in [0.29, 0.717) is 0 Å². The van der Waals surface area contributed by atoms with Crippen molar-refractivity contribution < 1.29 is 76.0 Å². The fourth-order valence-electron chi connectivity index (χ4n) is 0.106. The molecular formula is F2KNO4S2+. The Labute approximate surface area is 99.3 Å². The average Bonchev–Trinajstić information content (AvgIpc) is 1.14. The van der Waals surface area contributed by atoms with Gasteiger partial charge in [0, 0.05) is 0 Å². The summed E-state index contributed by atoms with van der Waals surface area (Å²) in [5.74, 6) is 0. The molecule has 0 atom stereocenters. The summed E-state index contributed by atoms with van der Waals surface area (Å²) in [7, 11) is -11.2. The Balaban J connectivity index is 0. The summed E-state index contributed by atoms with van der Waals surface area (Å²) in [6.45, 7) is 0. The summed E-state index contributed by atoms with van der Waals surface area (Å²) in [6, 6.07) is 0. The smallest absolute Gasteiger partial charge is 0.174 e. The summed E-state index contributed by atoms with van der Waals surface area (Å²) in [5, 5.41) is 0. The number of nitrogens with zero attached hydrogens (tertiary/aromatic N) is 1. The van der Waals surface area contributed by atoms with Crippen molar-refractivity contribution in [1.29, 1.82) is 0 Å². The summed E-state index contributed by atoms with van der Waals surface area (Å²) in [5.41, 5.74) is 0. The Hall–Kier alpha value is 1.36. The van der Waals surface area contributed by atoms with Crippen LogP contribution in [0.5, 0.6) is 0 Å². The first kappa shape index (κ1) is 13.9. The van der Waals surface area contributed by atoms with Gasteiger partial charge in [-0.1, -0.05) is 7.77 Å². The van der Waals surface area contributed by atoms with Crippen LogP contribution in [0.2, 0.25) is 0 Å². The van der Waals surface area contributed by atoms with Crippen molar-refractivity contribution >= 4 is 20.8 Å². The Morgan fingerprint density at radius 1 is 0.900 bits per heavy atom. The first-order chi connectivity index (χ1) is 3.71. The van der Waals surface area contributed by atoms with Gasteiger partial charge in [0.2, 0.25) is 0 Å². The Bertz CT molecular complexity index is 246. The van der Waals surface area contributed by atoms with E-state index in [4.69, 9.17) is 0 Å². The largest absolute Gasteiger partial charge is 1.00 e. The molecule has 0 aromatic rings. The molecule has 0 N–H and O–H groups in total. The van der Waals surface area contributed by atoms with Crippen LogP contribution in [-0.4, -0.2) is 16.8 Å². The molecule has 0 aliphatic rings. The van der Waals surface area contributed by atoms with Crippen LogP contribution in [0, 0.1) is 0 Å². The topological polar surface area (TPSA) is 82.4 Å². The minimum Gasteiger partial charge on any atom is -0.174 e. The third-order valence-corrected chi connectivity index (χ3v) is 1.60. The average molecular weight is 219 g/mol. The molecule has 0 rings (SSSR count). The van der Waals surface area contributed by atoms with E-state index < -0.39 is 20.8 Å². The Morgan fingerprint density at radius 3 is 1.10 bits per heavy atom. The number of hydrogen-bond donors (Lipinski definition) is 0. The number of rotatable bonds is 2. The van der Waals surface area contributed by atoms with Crippen LogP contribution in [0.25, 0.3) is 0 Å². The zero-order valence-electron chi connectivity index (χ0n) is 4.65. The van der Waals surface area contributed by atoms with Crippen molar-refractivity contribution in [1.82, 2.24) is 4.13 Å². The second-order valence-electron chi connectivity index (χ2n) is 0.899.